The van der Waals surface area contributed by atoms with E-state index in [0.29, 0.717) is 4.99 Å². The second kappa shape index (κ2) is 6.59. The molecule has 110 valence electrons. The fourth-order valence-corrected chi connectivity index (χ4v) is 2.35. The number of methoxy groups -OCH3 is 1. The number of anilines is 1. The summed E-state index contributed by atoms with van der Waals surface area (Å²) in [7, 11) is 3.74. The molecule has 0 aliphatic carbocycles. The summed E-state index contributed by atoms with van der Waals surface area (Å²) in [6, 6.07) is 14.1. The van der Waals surface area contributed by atoms with Crippen LogP contribution >= 0.6 is 12.2 Å². The van der Waals surface area contributed by atoms with Crippen molar-refractivity contribution in [1.29, 1.82) is 0 Å². The van der Waals surface area contributed by atoms with Crippen molar-refractivity contribution in [3.63, 3.8) is 0 Å². The number of hydrogen-bond donors (Lipinski definition) is 1. The molecule has 0 amide bonds. The van der Waals surface area contributed by atoms with Crippen molar-refractivity contribution in [2.45, 2.75) is 13.5 Å². The predicted molar refractivity (Wildman–Crippen MR) is 92.2 cm³/mol. The Morgan fingerprint density at radius 1 is 1.24 bits per heavy atom. The van der Waals surface area contributed by atoms with E-state index >= 15 is 0 Å². The van der Waals surface area contributed by atoms with E-state index in [1.165, 1.54) is 11.1 Å². The highest BCUT2D eigenvalue weighted by atomic mass is 32.1. The lowest BCUT2D eigenvalue weighted by atomic mass is 10.0. The van der Waals surface area contributed by atoms with Crippen molar-refractivity contribution < 1.29 is 4.74 Å². The SMILES string of the molecule is COc1cccc(N(C)Cc2ccc(C(N)=S)cc2C)c1. The van der Waals surface area contributed by atoms with Crippen molar-refractivity contribution >= 4 is 22.9 Å². The molecule has 0 aliphatic heterocycles. The lowest BCUT2D eigenvalue weighted by molar-refractivity contribution is 0.415. The molecule has 0 unspecified atom stereocenters. The molecule has 0 spiro atoms. The van der Waals surface area contributed by atoms with Crippen LogP contribution in [0.1, 0.15) is 16.7 Å². The van der Waals surface area contributed by atoms with E-state index in [1.54, 1.807) is 7.11 Å². The van der Waals surface area contributed by atoms with E-state index in [9.17, 15) is 0 Å². The first kappa shape index (κ1) is 15.3. The standard InChI is InChI=1S/C17H20N2OS/c1-12-9-13(17(18)21)7-8-14(12)11-19(2)15-5-4-6-16(10-15)20-3/h4-10H,11H2,1-3H3,(H2,18,21). The smallest absolute Gasteiger partial charge is 0.120 e. The van der Waals surface area contributed by atoms with Crippen LogP contribution in [0.25, 0.3) is 0 Å². The third kappa shape index (κ3) is 3.73. The zero-order valence-electron chi connectivity index (χ0n) is 12.6. The molecule has 0 aliphatic rings. The molecule has 0 atom stereocenters. The Bertz CT molecular complexity index is 655. The van der Waals surface area contributed by atoms with Gasteiger partial charge in [-0.15, -0.1) is 0 Å². The molecule has 0 aromatic heterocycles. The lowest BCUT2D eigenvalue weighted by Crippen LogP contribution is -2.17. The summed E-state index contributed by atoms with van der Waals surface area (Å²) in [6.07, 6.45) is 0. The topological polar surface area (TPSA) is 38.5 Å². The van der Waals surface area contributed by atoms with E-state index < -0.39 is 0 Å². The molecule has 0 bridgehead atoms. The van der Waals surface area contributed by atoms with Crippen LogP contribution in [-0.2, 0) is 6.54 Å². The van der Waals surface area contributed by atoms with Crippen molar-refractivity contribution in [1.82, 2.24) is 0 Å². The molecule has 0 radical (unpaired) electrons. The average molecular weight is 300 g/mol. The minimum absolute atomic E-state index is 0.436. The van der Waals surface area contributed by atoms with Crippen LogP contribution < -0.4 is 15.4 Å². The Morgan fingerprint density at radius 3 is 2.62 bits per heavy atom. The van der Waals surface area contributed by atoms with Gasteiger partial charge in [-0.1, -0.05) is 30.4 Å². The molecule has 2 aromatic carbocycles. The van der Waals surface area contributed by atoms with E-state index in [2.05, 4.69) is 31.0 Å². The molecule has 0 heterocycles. The zero-order valence-corrected chi connectivity index (χ0v) is 13.4. The molecule has 3 nitrogen and oxygen atoms in total. The molecule has 2 rings (SSSR count). The number of nitrogens with two attached hydrogens (primary N) is 1. The van der Waals surface area contributed by atoms with Crippen molar-refractivity contribution in [3.05, 3.63) is 59.2 Å². The molecule has 0 saturated carbocycles. The van der Waals surface area contributed by atoms with Gasteiger partial charge < -0.3 is 15.4 Å². The molecule has 2 N–H and O–H groups in total. The van der Waals surface area contributed by atoms with Gasteiger partial charge in [-0.3, -0.25) is 0 Å². The van der Waals surface area contributed by atoms with E-state index in [1.807, 2.05) is 30.3 Å². The summed E-state index contributed by atoms with van der Waals surface area (Å²) in [5.41, 5.74) is 10.1. The summed E-state index contributed by atoms with van der Waals surface area (Å²) in [6.45, 7) is 2.90. The van der Waals surface area contributed by atoms with Crippen LogP contribution in [0.4, 0.5) is 5.69 Å². The summed E-state index contributed by atoms with van der Waals surface area (Å²) in [5, 5.41) is 0. The number of hydrogen-bond acceptors (Lipinski definition) is 3. The van der Waals surface area contributed by atoms with Gasteiger partial charge in [-0.25, -0.2) is 0 Å². The maximum atomic E-state index is 5.66. The van der Waals surface area contributed by atoms with E-state index in [0.717, 1.165) is 23.5 Å². The highest BCUT2D eigenvalue weighted by molar-refractivity contribution is 7.80. The third-order valence-corrected chi connectivity index (χ3v) is 3.76. The first-order chi connectivity index (χ1) is 10.0. The summed E-state index contributed by atoms with van der Waals surface area (Å²) in [5.74, 6) is 0.861. The summed E-state index contributed by atoms with van der Waals surface area (Å²) >= 11 is 5.01. The molecular formula is C17H20N2OS. The molecule has 21 heavy (non-hydrogen) atoms. The van der Waals surface area contributed by atoms with Gasteiger partial charge in [0.05, 0.1) is 7.11 Å². The zero-order chi connectivity index (χ0) is 15.4. The number of ether oxygens (including phenoxy) is 1. The largest absolute Gasteiger partial charge is 0.497 e. The fraction of sp³-hybridized carbons (Fsp3) is 0.235. The number of thiocarbonyl (C=S) groups is 1. The van der Waals surface area contributed by atoms with Crippen LogP contribution in [0, 0.1) is 6.92 Å². The van der Waals surface area contributed by atoms with Gasteiger partial charge in [0, 0.05) is 30.9 Å². The minimum Gasteiger partial charge on any atom is -0.497 e. The Morgan fingerprint density at radius 2 is 2.00 bits per heavy atom. The molecule has 0 fully saturated rings. The van der Waals surface area contributed by atoms with Crippen molar-refractivity contribution in [2.24, 2.45) is 5.73 Å². The van der Waals surface area contributed by atoms with Gasteiger partial charge in [0.2, 0.25) is 0 Å². The average Bonchev–Trinajstić information content (AvgIpc) is 2.49. The maximum absolute atomic E-state index is 5.66. The fourth-order valence-electron chi connectivity index (χ4n) is 2.22. The Labute approximate surface area is 131 Å². The Hall–Kier alpha value is -2.07. The molecule has 2 aromatic rings. The van der Waals surface area contributed by atoms with Crippen LogP contribution in [-0.4, -0.2) is 19.1 Å². The van der Waals surface area contributed by atoms with Gasteiger partial charge in [-0.2, -0.15) is 0 Å². The number of rotatable bonds is 5. The highest BCUT2D eigenvalue weighted by Crippen LogP contribution is 2.22. The maximum Gasteiger partial charge on any atom is 0.120 e. The lowest BCUT2D eigenvalue weighted by Gasteiger charge is -2.21. The van der Waals surface area contributed by atoms with Crippen LogP contribution in [0.5, 0.6) is 5.75 Å². The van der Waals surface area contributed by atoms with Crippen LogP contribution in [0.15, 0.2) is 42.5 Å². The van der Waals surface area contributed by atoms with E-state index in [4.69, 9.17) is 22.7 Å². The van der Waals surface area contributed by atoms with Gasteiger partial charge in [-0.05, 0) is 36.2 Å². The first-order valence-corrected chi connectivity index (χ1v) is 7.16. The number of benzene rings is 2. The predicted octanol–water partition coefficient (Wildman–Crippen LogP) is 3.27. The first-order valence-electron chi connectivity index (χ1n) is 6.76. The van der Waals surface area contributed by atoms with Gasteiger partial charge in [0.1, 0.15) is 10.7 Å². The second-order valence-electron chi connectivity index (χ2n) is 5.06. The molecule has 4 heteroatoms. The molecular weight excluding hydrogens is 280 g/mol. The van der Waals surface area contributed by atoms with Crippen LogP contribution in [0.2, 0.25) is 0 Å². The van der Waals surface area contributed by atoms with Gasteiger partial charge in [0.15, 0.2) is 0 Å². The quantitative estimate of drug-likeness (QED) is 0.860. The minimum atomic E-state index is 0.436. The Balaban J connectivity index is 2.19. The van der Waals surface area contributed by atoms with Crippen molar-refractivity contribution in [3.8, 4) is 5.75 Å². The van der Waals surface area contributed by atoms with E-state index in [-0.39, 0.29) is 0 Å². The third-order valence-electron chi connectivity index (χ3n) is 3.53. The van der Waals surface area contributed by atoms with Crippen LogP contribution in [0.3, 0.4) is 0 Å². The Kier molecular flexibility index (Phi) is 4.81. The summed E-state index contributed by atoms with van der Waals surface area (Å²) in [4.78, 5) is 2.62. The number of nitrogens with zero attached hydrogens (tertiary/aromatic N) is 1. The monoisotopic (exact) mass is 300 g/mol. The normalized spacial score (nSPS) is 10.2. The van der Waals surface area contributed by atoms with Crippen molar-refractivity contribution in [2.75, 3.05) is 19.1 Å². The molecule has 0 saturated heterocycles. The summed E-state index contributed by atoms with van der Waals surface area (Å²) < 4.78 is 5.27. The van der Waals surface area contributed by atoms with Gasteiger partial charge in [0.25, 0.3) is 0 Å². The van der Waals surface area contributed by atoms with Gasteiger partial charge >= 0.3 is 0 Å². The highest BCUT2D eigenvalue weighted by Gasteiger charge is 2.07. The second-order valence-corrected chi connectivity index (χ2v) is 5.50. The number of aryl methyl sites for hydroxylation is 1.